The van der Waals surface area contributed by atoms with Crippen LogP contribution in [0.2, 0.25) is 0 Å². The Kier molecular flexibility index (Phi) is 7.14. The molecule has 1 N–H and O–H groups in total. The van der Waals surface area contributed by atoms with Crippen LogP contribution in [-0.2, 0) is 20.7 Å². The first kappa shape index (κ1) is 19.4. The zero-order valence-electron chi connectivity index (χ0n) is 14.8. The highest BCUT2D eigenvalue weighted by atomic mass is 19.1. The lowest BCUT2D eigenvalue weighted by atomic mass is 10.0. The average molecular weight is 359 g/mol. The van der Waals surface area contributed by atoms with Crippen LogP contribution in [0.4, 0.5) is 4.39 Å². The monoisotopic (exact) mass is 359 g/mol. The van der Waals surface area contributed by atoms with E-state index in [9.17, 15) is 14.0 Å². The molecule has 0 radical (unpaired) electrons. The number of aryl methyl sites for hydroxylation is 1. The van der Waals surface area contributed by atoms with Crippen LogP contribution in [0.1, 0.15) is 30.0 Å². The molecule has 0 fully saturated rings. The topological polar surface area (TPSA) is 64.6 Å². The van der Waals surface area contributed by atoms with Gasteiger partial charge in [-0.25, -0.2) is 4.39 Å². The second kappa shape index (κ2) is 9.56. The second-order valence-corrected chi connectivity index (χ2v) is 5.76. The molecule has 26 heavy (non-hydrogen) atoms. The van der Waals surface area contributed by atoms with E-state index in [0.29, 0.717) is 12.0 Å². The molecule has 2 aromatic rings. The molecule has 0 aromatic heterocycles. The van der Waals surface area contributed by atoms with Gasteiger partial charge >= 0.3 is 5.97 Å². The Morgan fingerprint density at radius 3 is 2.42 bits per heavy atom. The molecular weight excluding hydrogens is 337 g/mol. The molecular formula is C20H22FNO4. The third-order valence-corrected chi connectivity index (χ3v) is 4.02. The molecule has 0 heterocycles. The summed E-state index contributed by atoms with van der Waals surface area (Å²) in [4.78, 5) is 24.0. The molecule has 0 bridgehead atoms. The third kappa shape index (κ3) is 5.58. The highest BCUT2D eigenvalue weighted by Gasteiger charge is 2.19. The fraction of sp³-hybridized carbons (Fsp3) is 0.300. The Hall–Kier alpha value is -2.89. The van der Waals surface area contributed by atoms with Crippen molar-refractivity contribution in [3.05, 3.63) is 65.5 Å². The molecule has 5 nitrogen and oxygen atoms in total. The van der Waals surface area contributed by atoms with Crippen molar-refractivity contribution in [1.29, 1.82) is 0 Å². The summed E-state index contributed by atoms with van der Waals surface area (Å²) < 4.78 is 23.1. The summed E-state index contributed by atoms with van der Waals surface area (Å²) >= 11 is 0. The quantitative estimate of drug-likeness (QED) is 0.735. The molecule has 0 saturated heterocycles. The smallest absolute Gasteiger partial charge is 0.307 e. The summed E-state index contributed by atoms with van der Waals surface area (Å²) in [6.45, 7) is 0. The number of halogens is 1. The first-order chi connectivity index (χ1) is 12.5. The van der Waals surface area contributed by atoms with Gasteiger partial charge in [-0.3, -0.25) is 9.59 Å². The van der Waals surface area contributed by atoms with E-state index in [1.165, 1.54) is 19.2 Å². The molecule has 0 saturated carbocycles. The summed E-state index contributed by atoms with van der Waals surface area (Å²) in [6, 6.07) is 12.6. The van der Waals surface area contributed by atoms with Gasteiger partial charge in [0, 0.05) is 6.42 Å². The van der Waals surface area contributed by atoms with E-state index in [0.717, 1.165) is 11.3 Å². The minimum absolute atomic E-state index is 0.0253. The molecule has 1 amide bonds. The maximum Gasteiger partial charge on any atom is 0.307 e. The van der Waals surface area contributed by atoms with Crippen molar-refractivity contribution < 1.29 is 23.5 Å². The number of carbonyl (C=O) groups is 2. The number of benzene rings is 2. The summed E-state index contributed by atoms with van der Waals surface area (Å²) in [5, 5.41) is 2.82. The zero-order chi connectivity index (χ0) is 18.9. The number of nitrogens with one attached hydrogen (secondary N) is 1. The number of ether oxygens (including phenoxy) is 2. The van der Waals surface area contributed by atoms with Crippen LogP contribution in [0, 0.1) is 5.82 Å². The third-order valence-electron chi connectivity index (χ3n) is 4.02. The lowest BCUT2D eigenvalue weighted by molar-refractivity contribution is -0.141. The normalized spacial score (nSPS) is 11.5. The molecule has 2 rings (SSSR count). The highest BCUT2D eigenvalue weighted by molar-refractivity contribution is 5.78. The van der Waals surface area contributed by atoms with Gasteiger partial charge in [0.1, 0.15) is 11.6 Å². The predicted molar refractivity (Wildman–Crippen MR) is 95.2 cm³/mol. The van der Waals surface area contributed by atoms with Gasteiger partial charge in [-0.1, -0.05) is 30.3 Å². The van der Waals surface area contributed by atoms with Crippen LogP contribution in [0.5, 0.6) is 5.75 Å². The first-order valence-electron chi connectivity index (χ1n) is 8.27. The largest absolute Gasteiger partial charge is 0.496 e. The van der Waals surface area contributed by atoms with E-state index in [4.69, 9.17) is 4.74 Å². The SMILES string of the molecule is COC(=O)C[C@H](NC(=O)CCc1ccccc1OC)c1ccc(F)cc1. The van der Waals surface area contributed by atoms with Gasteiger partial charge < -0.3 is 14.8 Å². The summed E-state index contributed by atoms with van der Waals surface area (Å²) in [5.74, 6) is -0.323. The lowest BCUT2D eigenvalue weighted by Crippen LogP contribution is -2.30. The molecule has 0 spiro atoms. The fourth-order valence-electron chi connectivity index (χ4n) is 2.62. The van der Waals surface area contributed by atoms with Gasteiger partial charge in [0.05, 0.1) is 26.7 Å². The van der Waals surface area contributed by atoms with Crippen molar-refractivity contribution in [2.24, 2.45) is 0 Å². The van der Waals surface area contributed by atoms with E-state index >= 15 is 0 Å². The van der Waals surface area contributed by atoms with Crippen LogP contribution in [-0.4, -0.2) is 26.1 Å². The summed E-state index contributed by atoms with van der Waals surface area (Å²) in [6.07, 6.45) is 0.714. The minimum Gasteiger partial charge on any atom is -0.496 e. The van der Waals surface area contributed by atoms with Crippen molar-refractivity contribution in [2.45, 2.75) is 25.3 Å². The molecule has 0 unspecified atom stereocenters. The van der Waals surface area contributed by atoms with E-state index in [1.54, 1.807) is 19.2 Å². The summed E-state index contributed by atoms with van der Waals surface area (Å²) in [7, 11) is 2.87. The van der Waals surface area contributed by atoms with Gasteiger partial charge in [0.15, 0.2) is 0 Å². The number of para-hydroxylation sites is 1. The van der Waals surface area contributed by atoms with Crippen molar-refractivity contribution >= 4 is 11.9 Å². The Bertz CT molecular complexity index is 746. The molecule has 2 aromatic carbocycles. The number of hydrogen-bond donors (Lipinski definition) is 1. The lowest BCUT2D eigenvalue weighted by Gasteiger charge is -2.18. The Morgan fingerprint density at radius 1 is 1.08 bits per heavy atom. The fourth-order valence-corrected chi connectivity index (χ4v) is 2.62. The number of esters is 1. The number of amides is 1. The number of carbonyl (C=O) groups excluding carboxylic acids is 2. The first-order valence-corrected chi connectivity index (χ1v) is 8.27. The van der Waals surface area contributed by atoms with E-state index < -0.39 is 12.0 Å². The van der Waals surface area contributed by atoms with Gasteiger partial charge in [-0.15, -0.1) is 0 Å². The van der Waals surface area contributed by atoms with Crippen molar-refractivity contribution in [3.8, 4) is 5.75 Å². The minimum atomic E-state index is -0.576. The van der Waals surface area contributed by atoms with Crippen LogP contribution in [0.25, 0.3) is 0 Å². The van der Waals surface area contributed by atoms with E-state index in [1.807, 2.05) is 24.3 Å². The molecule has 0 aliphatic carbocycles. The zero-order valence-corrected chi connectivity index (χ0v) is 14.8. The molecule has 138 valence electrons. The van der Waals surface area contributed by atoms with Gasteiger partial charge in [-0.05, 0) is 35.7 Å². The van der Waals surface area contributed by atoms with Crippen LogP contribution in [0.3, 0.4) is 0 Å². The van der Waals surface area contributed by atoms with E-state index in [2.05, 4.69) is 10.1 Å². The van der Waals surface area contributed by atoms with Crippen molar-refractivity contribution in [1.82, 2.24) is 5.32 Å². The molecule has 0 aliphatic rings. The highest BCUT2D eigenvalue weighted by Crippen LogP contribution is 2.21. The molecule has 6 heteroatoms. The molecule has 0 aliphatic heterocycles. The predicted octanol–water partition coefficient (Wildman–Crippen LogP) is 3.19. The number of hydrogen-bond acceptors (Lipinski definition) is 4. The Morgan fingerprint density at radius 2 is 1.77 bits per heavy atom. The molecule has 1 atom stereocenters. The van der Waals surface area contributed by atoms with Gasteiger partial charge in [-0.2, -0.15) is 0 Å². The standard InChI is InChI=1S/C20H22FNO4/c1-25-18-6-4-3-5-15(18)9-12-19(23)22-17(13-20(24)26-2)14-7-10-16(21)11-8-14/h3-8,10-11,17H,9,12-13H2,1-2H3,(H,22,23)/t17-/m0/s1. The summed E-state index contributed by atoms with van der Waals surface area (Å²) in [5.41, 5.74) is 1.57. The van der Waals surface area contributed by atoms with Crippen LogP contribution in [0.15, 0.2) is 48.5 Å². The van der Waals surface area contributed by atoms with Crippen molar-refractivity contribution in [2.75, 3.05) is 14.2 Å². The van der Waals surface area contributed by atoms with Gasteiger partial charge in [0.25, 0.3) is 0 Å². The second-order valence-electron chi connectivity index (χ2n) is 5.76. The maximum atomic E-state index is 13.1. The van der Waals surface area contributed by atoms with Crippen molar-refractivity contribution in [3.63, 3.8) is 0 Å². The Labute approximate surface area is 152 Å². The van der Waals surface area contributed by atoms with E-state index in [-0.39, 0.29) is 24.6 Å². The average Bonchev–Trinajstić information content (AvgIpc) is 2.66. The van der Waals surface area contributed by atoms with Crippen LogP contribution < -0.4 is 10.1 Å². The number of methoxy groups -OCH3 is 2. The van der Waals surface area contributed by atoms with Gasteiger partial charge in [0.2, 0.25) is 5.91 Å². The Balaban J connectivity index is 2.03. The number of rotatable bonds is 8. The van der Waals surface area contributed by atoms with Crippen LogP contribution >= 0.6 is 0 Å². The maximum absolute atomic E-state index is 13.1.